The first-order valence-corrected chi connectivity index (χ1v) is 9.28. The number of hydrogen-bond acceptors (Lipinski definition) is 4. The predicted octanol–water partition coefficient (Wildman–Crippen LogP) is 3.36. The van der Waals surface area contributed by atoms with Crippen molar-refractivity contribution in [1.29, 1.82) is 0 Å². The van der Waals surface area contributed by atoms with Gasteiger partial charge in [-0.05, 0) is 42.0 Å². The van der Waals surface area contributed by atoms with Gasteiger partial charge in [-0.2, -0.15) is 0 Å². The summed E-state index contributed by atoms with van der Waals surface area (Å²) in [5.41, 5.74) is 1.55. The first-order valence-electron chi connectivity index (χ1n) is 9.28. The SMILES string of the molecule is C=CCOc1ccc(C(=O)N2CCN(Cc3ccc(OC)c(F)c3)CC2)cc1. The first kappa shape index (κ1) is 19.9. The molecule has 2 aromatic carbocycles. The molecule has 2 aromatic rings. The van der Waals surface area contributed by atoms with E-state index in [0.29, 0.717) is 37.6 Å². The average molecular weight is 384 g/mol. The maximum absolute atomic E-state index is 13.8. The van der Waals surface area contributed by atoms with Crippen molar-refractivity contribution in [2.45, 2.75) is 6.54 Å². The van der Waals surface area contributed by atoms with Gasteiger partial charge in [0.1, 0.15) is 12.4 Å². The van der Waals surface area contributed by atoms with Crippen LogP contribution in [-0.2, 0) is 6.54 Å². The van der Waals surface area contributed by atoms with Gasteiger partial charge in [0.25, 0.3) is 5.91 Å². The van der Waals surface area contributed by atoms with Gasteiger partial charge in [0, 0.05) is 38.3 Å². The Bertz CT molecular complexity index is 815. The van der Waals surface area contributed by atoms with E-state index in [9.17, 15) is 9.18 Å². The summed E-state index contributed by atoms with van der Waals surface area (Å²) in [5, 5.41) is 0. The third kappa shape index (κ3) is 4.89. The van der Waals surface area contributed by atoms with Crippen molar-refractivity contribution in [2.75, 3.05) is 39.9 Å². The molecule has 0 radical (unpaired) electrons. The van der Waals surface area contributed by atoms with E-state index in [0.717, 1.165) is 18.7 Å². The molecule has 0 unspecified atom stereocenters. The zero-order valence-electron chi connectivity index (χ0n) is 16.1. The third-order valence-corrected chi connectivity index (χ3v) is 4.75. The van der Waals surface area contributed by atoms with Crippen LogP contribution in [0.15, 0.2) is 55.1 Å². The molecule has 1 amide bonds. The molecule has 0 aliphatic carbocycles. The molecule has 1 heterocycles. The van der Waals surface area contributed by atoms with Gasteiger partial charge in [0.15, 0.2) is 11.6 Å². The fourth-order valence-electron chi connectivity index (χ4n) is 3.21. The Hall–Kier alpha value is -2.86. The second-order valence-electron chi connectivity index (χ2n) is 6.66. The van der Waals surface area contributed by atoms with Gasteiger partial charge in [-0.15, -0.1) is 0 Å². The standard InChI is InChI=1S/C22H25FN2O3/c1-3-14-28-19-7-5-18(6-8-19)22(26)25-12-10-24(11-13-25)16-17-4-9-21(27-2)20(23)15-17/h3-9,15H,1,10-14,16H2,2H3. The summed E-state index contributed by atoms with van der Waals surface area (Å²) in [4.78, 5) is 16.8. The van der Waals surface area contributed by atoms with Gasteiger partial charge in [-0.1, -0.05) is 18.7 Å². The molecule has 3 rings (SSSR count). The molecule has 6 heteroatoms. The number of amides is 1. The van der Waals surface area contributed by atoms with Gasteiger partial charge in [-0.3, -0.25) is 9.69 Å². The molecule has 28 heavy (non-hydrogen) atoms. The molecule has 1 fully saturated rings. The van der Waals surface area contributed by atoms with E-state index in [4.69, 9.17) is 9.47 Å². The third-order valence-electron chi connectivity index (χ3n) is 4.75. The first-order chi connectivity index (χ1) is 13.6. The zero-order chi connectivity index (χ0) is 19.9. The maximum Gasteiger partial charge on any atom is 0.253 e. The molecule has 1 saturated heterocycles. The molecular weight excluding hydrogens is 359 g/mol. The summed E-state index contributed by atoms with van der Waals surface area (Å²) in [6.45, 7) is 7.49. The van der Waals surface area contributed by atoms with Gasteiger partial charge < -0.3 is 14.4 Å². The summed E-state index contributed by atoms with van der Waals surface area (Å²) in [6.07, 6.45) is 1.68. The lowest BCUT2D eigenvalue weighted by atomic mass is 10.1. The minimum absolute atomic E-state index is 0.0189. The minimum Gasteiger partial charge on any atom is -0.494 e. The molecule has 5 nitrogen and oxygen atoms in total. The van der Waals surface area contributed by atoms with E-state index in [2.05, 4.69) is 11.5 Å². The van der Waals surface area contributed by atoms with Crippen molar-refractivity contribution in [2.24, 2.45) is 0 Å². The predicted molar refractivity (Wildman–Crippen MR) is 106 cm³/mol. The Morgan fingerprint density at radius 3 is 2.46 bits per heavy atom. The minimum atomic E-state index is -0.352. The highest BCUT2D eigenvalue weighted by atomic mass is 19.1. The monoisotopic (exact) mass is 384 g/mol. The highest BCUT2D eigenvalue weighted by Gasteiger charge is 2.22. The molecule has 0 atom stereocenters. The molecule has 0 N–H and O–H groups in total. The summed E-state index contributed by atoms with van der Waals surface area (Å²) in [6, 6.07) is 12.2. The number of benzene rings is 2. The normalized spacial score (nSPS) is 14.6. The lowest BCUT2D eigenvalue weighted by molar-refractivity contribution is 0.0628. The molecule has 148 valence electrons. The lowest BCUT2D eigenvalue weighted by Gasteiger charge is -2.34. The number of nitrogens with zero attached hydrogens (tertiary/aromatic N) is 2. The quantitative estimate of drug-likeness (QED) is 0.687. The zero-order valence-corrected chi connectivity index (χ0v) is 16.1. The fourth-order valence-corrected chi connectivity index (χ4v) is 3.21. The van der Waals surface area contributed by atoms with Gasteiger partial charge in [0.2, 0.25) is 0 Å². The van der Waals surface area contributed by atoms with Crippen LogP contribution in [0.25, 0.3) is 0 Å². The number of carbonyl (C=O) groups excluding carboxylic acids is 1. The van der Waals surface area contributed by atoms with Crippen molar-refractivity contribution in [1.82, 2.24) is 9.80 Å². The van der Waals surface area contributed by atoms with Crippen molar-refractivity contribution in [3.8, 4) is 11.5 Å². The fraction of sp³-hybridized carbons (Fsp3) is 0.318. The Kier molecular flexibility index (Phi) is 6.66. The van der Waals surface area contributed by atoms with Crippen LogP contribution in [0.4, 0.5) is 4.39 Å². The number of rotatable bonds is 7. The number of hydrogen-bond donors (Lipinski definition) is 0. The number of ether oxygens (including phenoxy) is 2. The molecule has 1 aliphatic heterocycles. The van der Waals surface area contributed by atoms with E-state index in [-0.39, 0.29) is 17.5 Å². The molecule has 0 aromatic heterocycles. The van der Waals surface area contributed by atoms with Gasteiger partial charge in [-0.25, -0.2) is 4.39 Å². The Labute approximate surface area is 165 Å². The van der Waals surface area contributed by atoms with E-state index in [1.807, 2.05) is 11.0 Å². The highest BCUT2D eigenvalue weighted by molar-refractivity contribution is 5.94. The van der Waals surface area contributed by atoms with E-state index < -0.39 is 0 Å². The molecule has 0 saturated carbocycles. The lowest BCUT2D eigenvalue weighted by Crippen LogP contribution is -2.48. The van der Waals surface area contributed by atoms with E-state index >= 15 is 0 Å². The van der Waals surface area contributed by atoms with Crippen LogP contribution in [0.1, 0.15) is 15.9 Å². The Balaban J connectivity index is 1.52. The van der Waals surface area contributed by atoms with E-state index in [1.54, 1.807) is 36.4 Å². The molecular formula is C22H25FN2O3. The second kappa shape index (κ2) is 9.37. The van der Waals surface area contributed by atoms with Crippen molar-refractivity contribution >= 4 is 5.91 Å². The summed E-state index contributed by atoms with van der Waals surface area (Å²) in [7, 11) is 1.45. The molecule has 0 bridgehead atoms. The Morgan fingerprint density at radius 1 is 1.14 bits per heavy atom. The molecule has 1 aliphatic rings. The van der Waals surface area contributed by atoms with E-state index in [1.165, 1.54) is 13.2 Å². The van der Waals surface area contributed by atoms with Crippen LogP contribution in [0.5, 0.6) is 11.5 Å². The van der Waals surface area contributed by atoms with Crippen LogP contribution in [0.3, 0.4) is 0 Å². The summed E-state index contributed by atoms with van der Waals surface area (Å²) in [5.74, 6) is 0.632. The average Bonchev–Trinajstić information content (AvgIpc) is 2.73. The van der Waals surface area contributed by atoms with Crippen LogP contribution in [0.2, 0.25) is 0 Å². The van der Waals surface area contributed by atoms with Crippen molar-refractivity contribution in [3.05, 3.63) is 72.1 Å². The largest absolute Gasteiger partial charge is 0.494 e. The van der Waals surface area contributed by atoms with Crippen molar-refractivity contribution in [3.63, 3.8) is 0 Å². The second-order valence-corrected chi connectivity index (χ2v) is 6.66. The smallest absolute Gasteiger partial charge is 0.253 e. The molecule has 0 spiro atoms. The topological polar surface area (TPSA) is 42.0 Å². The van der Waals surface area contributed by atoms with Gasteiger partial charge in [0.05, 0.1) is 7.11 Å². The number of methoxy groups -OCH3 is 1. The van der Waals surface area contributed by atoms with Crippen LogP contribution in [0, 0.1) is 5.82 Å². The maximum atomic E-state index is 13.8. The Morgan fingerprint density at radius 2 is 1.86 bits per heavy atom. The van der Waals surface area contributed by atoms with Gasteiger partial charge >= 0.3 is 0 Å². The number of piperazine rings is 1. The van der Waals surface area contributed by atoms with Crippen molar-refractivity contribution < 1.29 is 18.7 Å². The van der Waals surface area contributed by atoms with Crippen LogP contribution in [-0.4, -0.2) is 55.6 Å². The summed E-state index contributed by atoms with van der Waals surface area (Å²) < 4.78 is 24.2. The number of carbonyl (C=O) groups is 1. The van der Waals surface area contributed by atoms with Crippen LogP contribution >= 0.6 is 0 Å². The number of halogens is 1. The summed E-state index contributed by atoms with van der Waals surface area (Å²) >= 11 is 0. The van der Waals surface area contributed by atoms with Crippen LogP contribution < -0.4 is 9.47 Å². The highest BCUT2D eigenvalue weighted by Crippen LogP contribution is 2.20.